The number of aromatic nitrogens is 4. The molecule has 0 spiro atoms. The van der Waals surface area contributed by atoms with Gasteiger partial charge in [0.1, 0.15) is 5.82 Å². The number of hydrogen-bond donors (Lipinski definition) is 0. The standard InChI is InChI=1S/C20H11ClFN5O2/c21-11-1-3-14-16(7-11)23-6-5-18(14)27-13(9-24-25-27)10-26-17-4-2-12(22)8-15(17)19(28)20(26)29/h1-9H,10H2. The van der Waals surface area contributed by atoms with Crippen molar-refractivity contribution in [3.63, 3.8) is 0 Å². The molecule has 1 aliphatic rings. The minimum absolute atomic E-state index is 0.0492. The first-order valence-corrected chi connectivity index (χ1v) is 9.01. The van der Waals surface area contributed by atoms with E-state index >= 15 is 0 Å². The zero-order chi connectivity index (χ0) is 20.1. The van der Waals surface area contributed by atoms with Crippen LogP contribution in [0.1, 0.15) is 16.1 Å². The molecule has 0 aliphatic carbocycles. The Labute approximate surface area is 168 Å². The van der Waals surface area contributed by atoms with Crippen LogP contribution in [0.2, 0.25) is 5.02 Å². The van der Waals surface area contributed by atoms with E-state index in [9.17, 15) is 14.0 Å². The Morgan fingerprint density at radius 2 is 1.90 bits per heavy atom. The second-order valence-corrected chi connectivity index (χ2v) is 6.95. The number of carbonyl (C=O) groups is 2. The first-order chi connectivity index (χ1) is 14.0. The van der Waals surface area contributed by atoms with Gasteiger partial charge >= 0.3 is 0 Å². The van der Waals surface area contributed by atoms with E-state index in [1.807, 2.05) is 6.07 Å². The fourth-order valence-electron chi connectivity index (χ4n) is 3.45. The second-order valence-electron chi connectivity index (χ2n) is 6.51. The van der Waals surface area contributed by atoms with Crippen molar-refractivity contribution in [1.29, 1.82) is 0 Å². The van der Waals surface area contributed by atoms with Crippen LogP contribution in [-0.4, -0.2) is 31.7 Å². The lowest BCUT2D eigenvalue weighted by Crippen LogP contribution is -2.30. The third-order valence-electron chi connectivity index (χ3n) is 4.78. The van der Waals surface area contributed by atoms with Crippen molar-refractivity contribution in [2.24, 2.45) is 0 Å². The molecule has 0 N–H and O–H groups in total. The van der Waals surface area contributed by atoms with E-state index in [1.54, 1.807) is 29.1 Å². The molecule has 0 fully saturated rings. The minimum atomic E-state index is -0.734. The number of halogens is 2. The molecule has 5 rings (SSSR count). The Hall–Kier alpha value is -3.65. The SMILES string of the molecule is O=C1C(=O)N(Cc2cnnn2-c2ccnc3cc(Cl)ccc23)c2ccc(F)cc21. The van der Waals surface area contributed by atoms with Crippen LogP contribution in [0.4, 0.5) is 10.1 Å². The average Bonchev–Trinajstić information content (AvgIpc) is 3.26. The van der Waals surface area contributed by atoms with Crippen LogP contribution >= 0.6 is 11.6 Å². The van der Waals surface area contributed by atoms with Gasteiger partial charge in [-0.2, -0.15) is 0 Å². The molecule has 7 nitrogen and oxygen atoms in total. The smallest absolute Gasteiger partial charge is 0.299 e. The Kier molecular flexibility index (Phi) is 3.88. The van der Waals surface area contributed by atoms with Crippen molar-refractivity contribution in [3.05, 3.63) is 77.0 Å². The van der Waals surface area contributed by atoms with E-state index in [1.165, 1.54) is 23.2 Å². The summed E-state index contributed by atoms with van der Waals surface area (Å²) < 4.78 is 15.1. The van der Waals surface area contributed by atoms with E-state index in [2.05, 4.69) is 15.3 Å². The summed E-state index contributed by atoms with van der Waals surface area (Å²) in [4.78, 5) is 30.3. The highest BCUT2D eigenvalue weighted by Gasteiger charge is 2.36. The van der Waals surface area contributed by atoms with Crippen LogP contribution in [0.3, 0.4) is 0 Å². The molecule has 2 aromatic carbocycles. The van der Waals surface area contributed by atoms with Crippen molar-refractivity contribution in [3.8, 4) is 5.69 Å². The van der Waals surface area contributed by atoms with Gasteiger partial charge in [0.25, 0.3) is 11.7 Å². The highest BCUT2D eigenvalue weighted by atomic mass is 35.5. The largest absolute Gasteiger partial charge is 0.299 e. The fraction of sp³-hybridized carbons (Fsp3) is 0.0500. The Morgan fingerprint density at radius 3 is 2.76 bits per heavy atom. The average molecular weight is 408 g/mol. The summed E-state index contributed by atoms with van der Waals surface area (Å²) >= 11 is 6.05. The van der Waals surface area contributed by atoms with Gasteiger partial charge in [0.15, 0.2) is 0 Å². The molecule has 142 valence electrons. The molecule has 9 heteroatoms. The Bertz CT molecular complexity index is 1320. The molecule has 1 amide bonds. The third kappa shape index (κ3) is 2.76. The van der Waals surface area contributed by atoms with Gasteiger partial charge in [0.2, 0.25) is 0 Å². The first-order valence-electron chi connectivity index (χ1n) is 8.63. The maximum Gasteiger partial charge on any atom is 0.299 e. The van der Waals surface area contributed by atoms with Crippen LogP contribution < -0.4 is 4.90 Å². The molecule has 0 unspecified atom stereocenters. The van der Waals surface area contributed by atoms with Crippen LogP contribution in [0, 0.1) is 5.82 Å². The molecule has 29 heavy (non-hydrogen) atoms. The molecule has 1 aliphatic heterocycles. The number of ketones is 1. The van der Waals surface area contributed by atoms with Crippen molar-refractivity contribution >= 4 is 39.9 Å². The number of pyridine rings is 1. The molecule has 0 saturated heterocycles. The molecule has 4 aromatic rings. The van der Waals surface area contributed by atoms with Crippen LogP contribution in [0.25, 0.3) is 16.6 Å². The summed E-state index contributed by atoms with van der Waals surface area (Å²) in [7, 11) is 0. The zero-order valence-corrected chi connectivity index (χ0v) is 15.5. The molecular weight excluding hydrogens is 397 g/mol. The van der Waals surface area contributed by atoms with Gasteiger partial charge in [-0.15, -0.1) is 5.10 Å². The molecular formula is C20H11ClFN5O2. The van der Waals surface area contributed by atoms with E-state index in [0.717, 1.165) is 11.5 Å². The minimum Gasteiger partial charge on any atom is -0.299 e. The van der Waals surface area contributed by atoms with Crippen LogP contribution in [-0.2, 0) is 11.3 Å². The lowest BCUT2D eigenvalue weighted by Gasteiger charge is -2.17. The number of anilines is 1. The molecule has 3 heterocycles. The third-order valence-corrected chi connectivity index (χ3v) is 5.02. The van der Waals surface area contributed by atoms with Crippen LogP contribution in [0.15, 0.2) is 54.9 Å². The number of rotatable bonds is 3. The summed E-state index contributed by atoms with van der Waals surface area (Å²) in [5.41, 5.74) is 2.38. The molecule has 0 radical (unpaired) electrons. The van der Waals surface area contributed by atoms with Gasteiger partial charge in [0.05, 0.1) is 40.9 Å². The fourth-order valence-corrected chi connectivity index (χ4v) is 3.62. The van der Waals surface area contributed by atoms with Gasteiger partial charge < -0.3 is 0 Å². The van der Waals surface area contributed by atoms with E-state index in [4.69, 9.17) is 11.6 Å². The van der Waals surface area contributed by atoms with Gasteiger partial charge in [-0.3, -0.25) is 19.5 Å². The summed E-state index contributed by atoms with van der Waals surface area (Å²) in [6, 6.07) is 10.8. The van der Waals surface area contributed by atoms with Gasteiger partial charge in [-0.05, 0) is 42.5 Å². The molecule has 0 bridgehead atoms. The molecule has 0 saturated carbocycles. The van der Waals surface area contributed by atoms with E-state index < -0.39 is 17.5 Å². The number of nitrogens with zero attached hydrogens (tertiary/aromatic N) is 5. The zero-order valence-electron chi connectivity index (χ0n) is 14.7. The predicted molar refractivity (Wildman–Crippen MR) is 104 cm³/mol. The van der Waals surface area contributed by atoms with E-state index in [0.29, 0.717) is 27.6 Å². The summed E-state index contributed by atoms with van der Waals surface area (Å²) in [5, 5.41) is 9.46. The number of hydrogen-bond acceptors (Lipinski definition) is 5. The number of benzene rings is 2. The molecule has 0 atom stereocenters. The van der Waals surface area contributed by atoms with Crippen molar-refractivity contribution in [1.82, 2.24) is 20.0 Å². The van der Waals surface area contributed by atoms with Gasteiger partial charge in [-0.1, -0.05) is 16.8 Å². The summed E-state index contributed by atoms with van der Waals surface area (Å²) in [6.45, 7) is 0.0492. The second kappa shape index (κ2) is 6.46. The Morgan fingerprint density at radius 1 is 1.03 bits per heavy atom. The maximum absolute atomic E-state index is 13.5. The van der Waals surface area contributed by atoms with Crippen LogP contribution in [0.5, 0.6) is 0 Å². The number of Topliss-reactive ketones (excluding diaryl/α,β-unsaturated/α-hetero) is 1. The predicted octanol–water partition coefficient (Wildman–Crippen LogP) is 3.34. The summed E-state index contributed by atoms with van der Waals surface area (Å²) in [5.74, 6) is -2.02. The lowest BCUT2D eigenvalue weighted by atomic mass is 10.1. The van der Waals surface area contributed by atoms with Crippen molar-refractivity contribution in [2.75, 3.05) is 4.90 Å². The summed E-state index contributed by atoms with van der Waals surface area (Å²) in [6.07, 6.45) is 3.14. The van der Waals surface area contributed by atoms with Gasteiger partial charge in [0, 0.05) is 16.6 Å². The van der Waals surface area contributed by atoms with Crippen molar-refractivity contribution < 1.29 is 14.0 Å². The normalized spacial score (nSPS) is 13.4. The Balaban J connectivity index is 1.58. The number of carbonyl (C=O) groups excluding carboxylic acids is 2. The highest BCUT2D eigenvalue weighted by molar-refractivity contribution is 6.52. The highest BCUT2D eigenvalue weighted by Crippen LogP contribution is 2.31. The quantitative estimate of drug-likeness (QED) is 0.486. The molecule has 2 aromatic heterocycles. The maximum atomic E-state index is 13.5. The monoisotopic (exact) mass is 407 g/mol. The number of amides is 1. The van der Waals surface area contributed by atoms with E-state index in [-0.39, 0.29) is 12.1 Å². The topological polar surface area (TPSA) is 81.0 Å². The number of fused-ring (bicyclic) bond motifs is 2. The van der Waals surface area contributed by atoms with Gasteiger partial charge in [-0.25, -0.2) is 9.07 Å². The first kappa shape index (κ1) is 17.4. The van der Waals surface area contributed by atoms with Crippen molar-refractivity contribution in [2.45, 2.75) is 6.54 Å². The lowest BCUT2D eigenvalue weighted by molar-refractivity contribution is -0.114.